The maximum Gasteiger partial charge on any atom is 0.119 e. The average Bonchev–Trinajstić information content (AvgIpc) is 2.11. The van der Waals surface area contributed by atoms with Crippen LogP contribution in [0.1, 0.15) is 52.9 Å². The molecule has 2 unspecified atom stereocenters. The summed E-state index contributed by atoms with van der Waals surface area (Å²) in [7, 11) is 0. The number of rotatable bonds is 7. The van der Waals surface area contributed by atoms with E-state index in [1.807, 2.05) is 0 Å². The Labute approximate surface area is 76.6 Å². The van der Waals surface area contributed by atoms with Crippen LogP contribution in [-0.2, 0) is 4.79 Å². The van der Waals surface area contributed by atoms with Crippen molar-refractivity contribution in [3.63, 3.8) is 0 Å². The summed E-state index contributed by atoms with van der Waals surface area (Å²) in [6, 6.07) is 0. The molecule has 0 aliphatic heterocycles. The summed E-state index contributed by atoms with van der Waals surface area (Å²) >= 11 is 0. The molecule has 0 aromatic rings. The van der Waals surface area contributed by atoms with Crippen LogP contribution in [0, 0.1) is 11.8 Å². The summed E-state index contributed by atoms with van der Waals surface area (Å²) in [4.78, 5) is 10.1. The van der Waals surface area contributed by atoms with Gasteiger partial charge in [-0.05, 0) is 24.7 Å². The minimum absolute atomic E-state index is 0.743. The second-order valence-corrected chi connectivity index (χ2v) is 3.65. The molecule has 0 aromatic heterocycles. The van der Waals surface area contributed by atoms with Crippen LogP contribution in [0.4, 0.5) is 0 Å². The molecular formula is C11H22O. The number of carbonyl (C=O) groups is 1. The smallest absolute Gasteiger partial charge is 0.119 e. The maximum absolute atomic E-state index is 10.1. The summed E-state index contributed by atoms with van der Waals surface area (Å²) in [6.45, 7) is 6.81. The van der Waals surface area contributed by atoms with Crippen LogP contribution in [-0.4, -0.2) is 6.29 Å². The first-order chi connectivity index (χ1) is 5.76. The van der Waals surface area contributed by atoms with Gasteiger partial charge >= 0.3 is 0 Å². The van der Waals surface area contributed by atoms with Gasteiger partial charge < -0.3 is 4.79 Å². The van der Waals surface area contributed by atoms with Crippen molar-refractivity contribution in [1.82, 2.24) is 0 Å². The van der Waals surface area contributed by atoms with E-state index >= 15 is 0 Å². The Kier molecular flexibility index (Phi) is 7.12. The summed E-state index contributed by atoms with van der Waals surface area (Å²) in [6.07, 6.45) is 6.60. The van der Waals surface area contributed by atoms with Crippen molar-refractivity contribution in [1.29, 1.82) is 0 Å². The highest BCUT2D eigenvalue weighted by molar-refractivity contribution is 5.48. The van der Waals surface area contributed by atoms with E-state index in [-0.39, 0.29) is 0 Å². The Bertz CT molecular complexity index is 110. The Morgan fingerprint density at radius 3 is 2.33 bits per heavy atom. The molecular weight excluding hydrogens is 148 g/mol. The zero-order chi connectivity index (χ0) is 9.40. The first kappa shape index (κ1) is 11.7. The molecule has 0 fully saturated rings. The Hall–Kier alpha value is -0.330. The van der Waals surface area contributed by atoms with Crippen LogP contribution in [0.25, 0.3) is 0 Å². The molecule has 0 saturated carbocycles. The second-order valence-electron chi connectivity index (χ2n) is 3.65. The van der Waals surface area contributed by atoms with Gasteiger partial charge in [-0.2, -0.15) is 0 Å². The van der Waals surface area contributed by atoms with E-state index in [9.17, 15) is 4.79 Å². The lowest BCUT2D eigenvalue weighted by Gasteiger charge is -2.20. The quantitative estimate of drug-likeness (QED) is 0.422. The van der Waals surface area contributed by atoms with Crippen molar-refractivity contribution >= 4 is 6.29 Å². The maximum atomic E-state index is 10.1. The van der Waals surface area contributed by atoms with Crippen molar-refractivity contribution in [2.24, 2.45) is 11.8 Å². The highest BCUT2D eigenvalue weighted by Gasteiger charge is 2.12. The van der Waals surface area contributed by atoms with E-state index < -0.39 is 0 Å². The van der Waals surface area contributed by atoms with Crippen LogP contribution < -0.4 is 0 Å². The fourth-order valence-electron chi connectivity index (χ4n) is 1.69. The van der Waals surface area contributed by atoms with Crippen LogP contribution in [0.15, 0.2) is 0 Å². The van der Waals surface area contributed by atoms with Gasteiger partial charge in [-0.15, -0.1) is 0 Å². The molecule has 0 amide bonds. The molecule has 12 heavy (non-hydrogen) atoms. The van der Waals surface area contributed by atoms with E-state index in [1.165, 1.54) is 19.3 Å². The lowest BCUT2D eigenvalue weighted by atomic mass is 9.86. The summed E-state index contributed by atoms with van der Waals surface area (Å²) < 4.78 is 0. The molecule has 1 heteroatoms. The fraction of sp³-hybridized carbons (Fsp3) is 0.909. The fourth-order valence-corrected chi connectivity index (χ4v) is 1.69. The van der Waals surface area contributed by atoms with E-state index in [4.69, 9.17) is 0 Å². The molecule has 0 saturated heterocycles. The van der Waals surface area contributed by atoms with Gasteiger partial charge in [0.1, 0.15) is 6.29 Å². The number of hydrogen-bond acceptors (Lipinski definition) is 1. The van der Waals surface area contributed by atoms with Crippen molar-refractivity contribution in [3.05, 3.63) is 0 Å². The van der Waals surface area contributed by atoms with Crippen molar-refractivity contribution in [2.45, 2.75) is 52.9 Å². The van der Waals surface area contributed by atoms with Crippen molar-refractivity contribution < 1.29 is 4.79 Å². The number of carbonyl (C=O) groups excluding carboxylic acids is 1. The highest BCUT2D eigenvalue weighted by Crippen LogP contribution is 2.23. The Morgan fingerprint density at radius 1 is 1.25 bits per heavy atom. The van der Waals surface area contributed by atoms with E-state index in [1.54, 1.807) is 0 Å². The van der Waals surface area contributed by atoms with Gasteiger partial charge in [-0.3, -0.25) is 0 Å². The first-order valence-electron chi connectivity index (χ1n) is 5.19. The van der Waals surface area contributed by atoms with Crippen LogP contribution in [0.3, 0.4) is 0 Å². The summed E-state index contributed by atoms with van der Waals surface area (Å²) in [5.74, 6) is 1.65. The Morgan fingerprint density at radius 2 is 1.92 bits per heavy atom. The highest BCUT2D eigenvalue weighted by atomic mass is 16.1. The summed E-state index contributed by atoms with van der Waals surface area (Å²) in [5.41, 5.74) is 0. The van der Waals surface area contributed by atoms with E-state index in [2.05, 4.69) is 20.8 Å². The Balaban J connectivity index is 3.58. The molecule has 0 aromatic carbocycles. The average molecular weight is 170 g/mol. The SMILES string of the molecule is CCC(C)C(CC)CCCC=O. The van der Waals surface area contributed by atoms with Crippen LogP contribution >= 0.6 is 0 Å². The zero-order valence-corrected chi connectivity index (χ0v) is 8.68. The van der Waals surface area contributed by atoms with Crippen molar-refractivity contribution in [3.8, 4) is 0 Å². The largest absolute Gasteiger partial charge is 0.303 e. The second kappa shape index (κ2) is 7.33. The minimum Gasteiger partial charge on any atom is -0.303 e. The van der Waals surface area contributed by atoms with Gasteiger partial charge in [-0.25, -0.2) is 0 Å². The standard InChI is InChI=1S/C11H22O/c1-4-10(3)11(5-2)8-6-7-9-12/h9-11H,4-8H2,1-3H3. The van der Waals surface area contributed by atoms with Gasteiger partial charge in [0.25, 0.3) is 0 Å². The zero-order valence-electron chi connectivity index (χ0n) is 8.68. The third-order valence-corrected chi connectivity index (χ3v) is 2.87. The van der Waals surface area contributed by atoms with Crippen LogP contribution in [0.5, 0.6) is 0 Å². The summed E-state index contributed by atoms with van der Waals surface area (Å²) in [5, 5.41) is 0. The van der Waals surface area contributed by atoms with E-state index in [0.717, 1.165) is 31.0 Å². The van der Waals surface area contributed by atoms with Gasteiger partial charge in [0, 0.05) is 6.42 Å². The monoisotopic (exact) mass is 170 g/mol. The molecule has 0 spiro atoms. The normalized spacial score (nSPS) is 15.6. The first-order valence-corrected chi connectivity index (χ1v) is 5.19. The number of aldehydes is 1. The van der Waals surface area contributed by atoms with Crippen LogP contribution in [0.2, 0.25) is 0 Å². The van der Waals surface area contributed by atoms with Crippen molar-refractivity contribution in [2.75, 3.05) is 0 Å². The molecule has 72 valence electrons. The van der Waals surface area contributed by atoms with Gasteiger partial charge in [0.05, 0.1) is 0 Å². The topological polar surface area (TPSA) is 17.1 Å². The molecule has 0 aliphatic rings. The molecule has 1 nitrogen and oxygen atoms in total. The van der Waals surface area contributed by atoms with Gasteiger partial charge in [-0.1, -0.05) is 33.6 Å². The predicted octanol–water partition coefficient (Wildman–Crippen LogP) is 3.43. The molecule has 2 atom stereocenters. The lowest BCUT2D eigenvalue weighted by molar-refractivity contribution is -0.108. The molecule has 0 N–H and O–H groups in total. The molecule has 0 heterocycles. The third-order valence-electron chi connectivity index (χ3n) is 2.87. The molecule has 0 rings (SSSR count). The van der Waals surface area contributed by atoms with E-state index in [0.29, 0.717) is 0 Å². The lowest BCUT2D eigenvalue weighted by Crippen LogP contribution is -2.09. The molecule has 0 aliphatic carbocycles. The molecule has 0 bridgehead atoms. The predicted molar refractivity (Wildman–Crippen MR) is 53.2 cm³/mol. The minimum atomic E-state index is 0.743. The van der Waals surface area contributed by atoms with Gasteiger partial charge in [0.15, 0.2) is 0 Å². The van der Waals surface area contributed by atoms with Gasteiger partial charge in [0.2, 0.25) is 0 Å². The number of unbranched alkanes of at least 4 members (excludes halogenated alkanes) is 1. The molecule has 0 radical (unpaired) electrons. The number of hydrogen-bond donors (Lipinski definition) is 0. The third kappa shape index (κ3) is 4.53.